The fraction of sp³-hybridized carbons (Fsp3) is 0.769. The van der Waals surface area contributed by atoms with E-state index in [1.54, 1.807) is 0 Å². The summed E-state index contributed by atoms with van der Waals surface area (Å²) >= 11 is 0. The Hall–Kier alpha value is -1.63. The van der Waals surface area contributed by atoms with Crippen LogP contribution >= 0.6 is 0 Å². The van der Waals surface area contributed by atoms with Crippen LogP contribution in [0, 0.1) is 17.2 Å². The number of fused-ring (bicyclic) bond motifs is 1. The van der Waals surface area contributed by atoms with Crippen molar-refractivity contribution in [1.29, 1.82) is 5.41 Å². The van der Waals surface area contributed by atoms with Gasteiger partial charge in [0.15, 0.2) is 0 Å². The lowest BCUT2D eigenvalue weighted by molar-refractivity contribution is -0.130. The summed E-state index contributed by atoms with van der Waals surface area (Å²) in [6.45, 7) is 1.41. The smallest absolute Gasteiger partial charge is 0.416 e. The van der Waals surface area contributed by atoms with Crippen molar-refractivity contribution in [3.63, 3.8) is 0 Å². The SMILES string of the molecule is COC(=O)N1C(=O)[C@H](CCCCC(=N)N)[C@@H]2CNC[C@H]21. The van der Waals surface area contributed by atoms with Gasteiger partial charge in [0.2, 0.25) is 5.91 Å². The first kappa shape index (κ1) is 14.8. The highest BCUT2D eigenvalue weighted by molar-refractivity contribution is 5.96. The van der Waals surface area contributed by atoms with E-state index >= 15 is 0 Å². The van der Waals surface area contributed by atoms with Gasteiger partial charge in [-0.25, -0.2) is 9.69 Å². The molecular weight excluding hydrogens is 260 g/mol. The third-order valence-corrected chi connectivity index (χ3v) is 4.21. The molecule has 7 nitrogen and oxygen atoms in total. The number of hydrogen-bond acceptors (Lipinski definition) is 5. The highest BCUT2D eigenvalue weighted by Crippen LogP contribution is 2.36. The lowest BCUT2D eigenvalue weighted by Gasteiger charge is -2.19. The standard InChI is InChI=1S/C13H22N4O3/c1-20-13(19)17-10-7-16-6-9(10)8(12(17)18)4-2-3-5-11(14)15/h8-10,16H,2-7H2,1H3,(H3,14,15)/t8-,9+,10-/m1/s1. The molecule has 2 amide bonds. The average molecular weight is 282 g/mol. The minimum absolute atomic E-state index is 0.0762. The van der Waals surface area contributed by atoms with Gasteiger partial charge >= 0.3 is 6.09 Å². The predicted octanol–water partition coefficient (Wildman–Crippen LogP) is 0.296. The van der Waals surface area contributed by atoms with Gasteiger partial charge < -0.3 is 15.8 Å². The van der Waals surface area contributed by atoms with Gasteiger partial charge in [0, 0.05) is 31.3 Å². The van der Waals surface area contributed by atoms with Crippen molar-refractivity contribution in [2.24, 2.45) is 17.6 Å². The first-order valence-electron chi connectivity index (χ1n) is 7.01. The largest absolute Gasteiger partial charge is 0.452 e. The summed E-state index contributed by atoms with van der Waals surface area (Å²) in [6, 6.07) is -0.0762. The van der Waals surface area contributed by atoms with Crippen LogP contribution in [0.4, 0.5) is 4.79 Å². The molecule has 20 heavy (non-hydrogen) atoms. The third-order valence-electron chi connectivity index (χ3n) is 4.21. The van der Waals surface area contributed by atoms with Crippen molar-refractivity contribution in [3.8, 4) is 0 Å². The van der Waals surface area contributed by atoms with E-state index in [0.29, 0.717) is 13.0 Å². The highest BCUT2D eigenvalue weighted by atomic mass is 16.5. The van der Waals surface area contributed by atoms with Crippen LogP contribution in [0.15, 0.2) is 0 Å². The molecule has 0 bridgehead atoms. The summed E-state index contributed by atoms with van der Waals surface area (Å²) in [5, 5.41) is 10.4. The molecule has 2 aliphatic heterocycles. The van der Waals surface area contributed by atoms with E-state index in [9.17, 15) is 9.59 Å². The Kier molecular flexibility index (Phi) is 4.59. The monoisotopic (exact) mass is 282 g/mol. The van der Waals surface area contributed by atoms with E-state index in [-0.39, 0.29) is 29.6 Å². The second kappa shape index (κ2) is 6.21. The third kappa shape index (κ3) is 2.77. The molecule has 2 saturated heterocycles. The molecule has 0 aromatic rings. The molecule has 2 aliphatic rings. The molecule has 3 atom stereocenters. The van der Waals surface area contributed by atoms with Crippen LogP contribution in [0.3, 0.4) is 0 Å². The first-order chi connectivity index (χ1) is 9.56. The normalized spacial score (nSPS) is 28.6. The van der Waals surface area contributed by atoms with Gasteiger partial charge in [0.05, 0.1) is 19.0 Å². The number of ether oxygens (including phenoxy) is 1. The second-order valence-corrected chi connectivity index (χ2v) is 5.45. The molecule has 0 aromatic heterocycles. The van der Waals surface area contributed by atoms with Gasteiger partial charge in [0.25, 0.3) is 0 Å². The fourth-order valence-corrected chi connectivity index (χ4v) is 3.24. The molecule has 0 unspecified atom stereocenters. The number of nitrogens with zero attached hydrogens (tertiary/aromatic N) is 1. The Bertz CT molecular complexity index is 412. The topological polar surface area (TPSA) is 109 Å². The summed E-state index contributed by atoms with van der Waals surface area (Å²) < 4.78 is 4.71. The van der Waals surface area contributed by atoms with E-state index in [2.05, 4.69) is 5.32 Å². The highest BCUT2D eigenvalue weighted by Gasteiger charge is 2.52. The van der Waals surface area contributed by atoms with E-state index < -0.39 is 6.09 Å². The van der Waals surface area contributed by atoms with Crippen LogP contribution in [-0.2, 0) is 9.53 Å². The Morgan fingerprint density at radius 3 is 2.90 bits per heavy atom. The number of likely N-dealkylation sites (tertiary alicyclic amines) is 1. The molecule has 7 heteroatoms. The number of rotatable bonds is 5. The minimum Gasteiger partial charge on any atom is -0.452 e. The van der Waals surface area contributed by atoms with Gasteiger partial charge in [-0.3, -0.25) is 10.2 Å². The quantitative estimate of drug-likeness (QED) is 0.382. The molecule has 0 saturated carbocycles. The van der Waals surface area contributed by atoms with Crippen molar-refractivity contribution >= 4 is 17.8 Å². The van der Waals surface area contributed by atoms with Crippen molar-refractivity contribution in [3.05, 3.63) is 0 Å². The number of hydrogen-bond donors (Lipinski definition) is 3. The van der Waals surface area contributed by atoms with Crippen molar-refractivity contribution in [2.45, 2.75) is 31.7 Å². The number of amides is 2. The maximum Gasteiger partial charge on any atom is 0.416 e. The fourth-order valence-electron chi connectivity index (χ4n) is 3.24. The van der Waals surface area contributed by atoms with Gasteiger partial charge in [-0.15, -0.1) is 0 Å². The number of nitrogens with two attached hydrogens (primary N) is 1. The van der Waals surface area contributed by atoms with Gasteiger partial charge in [0.1, 0.15) is 0 Å². The number of carbonyl (C=O) groups excluding carboxylic acids is 2. The maximum atomic E-state index is 12.4. The molecule has 0 aliphatic carbocycles. The van der Waals surface area contributed by atoms with E-state index in [0.717, 1.165) is 25.8 Å². The van der Waals surface area contributed by atoms with Crippen LogP contribution in [0.1, 0.15) is 25.7 Å². The second-order valence-electron chi connectivity index (χ2n) is 5.45. The zero-order valence-corrected chi connectivity index (χ0v) is 11.7. The van der Waals surface area contributed by atoms with Crippen molar-refractivity contribution < 1.29 is 14.3 Å². The molecule has 4 N–H and O–H groups in total. The Morgan fingerprint density at radius 1 is 1.50 bits per heavy atom. The minimum atomic E-state index is -0.556. The molecular formula is C13H22N4O3. The average Bonchev–Trinajstić information content (AvgIpc) is 2.95. The molecule has 0 spiro atoms. The van der Waals surface area contributed by atoms with Crippen molar-refractivity contribution in [2.75, 3.05) is 20.2 Å². The van der Waals surface area contributed by atoms with Crippen LogP contribution in [0.5, 0.6) is 0 Å². The number of nitrogens with one attached hydrogen (secondary N) is 2. The zero-order valence-electron chi connectivity index (χ0n) is 11.7. The summed E-state index contributed by atoms with van der Waals surface area (Å²) in [5.74, 6) is 0.121. The molecule has 2 fully saturated rings. The molecule has 0 radical (unpaired) electrons. The lowest BCUT2D eigenvalue weighted by atomic mass is 9.88. The van der Waals surface area contributed by atoms with Crippen LogP contribution in [0.2, 0.25) is 0 Å². The van der Waals surface area contributed by atoms with Gasteiger partial charge in [-0.2, -0.15) is 0 Å². The van der Waals surface area contributed by atoms with Crippen LogP contribution in [-0.4, -0.2) is 49.0 Å². The number of imide groups is 1. The van der Waals surface area contributed by atoms with Crippen molar-refractivity contribution in [1.82, 2.24) is 10.2 Å². The van der Waals surface area contributed by atoms with Crippen LogP contribution in [0.25, 0.3) is 0 Å². The number of unbranched alkanes of at least 4 members (excludes halogenated alkanes) is 1. The maximum absolute atomic E-state index is 12.4. The Balaban J connectivity index is 1.96. The molecule has 112 valence electrons. The number of carbonyl (C=O) groups is 2. The predicted molar refractivity (Wildman–Crippen MR) is 73.3 cm³/mol. The lowest BCUT2D eigenvalue weighted by Crippen LogP contribution is -2.42. The summed E-state index contributed by atoms with van der Waals surface area (Å²) in [6.07, 6.45) is 2.40. The molecule has 2 heterocycles. The first-order valence-corrected chi connectivity index (χ1v) is 7.01. The summed E-state index contributed by atoms with van der Waals surface area (Å²) in [4.78, 5) is 25.4. The molecule has 0 aromatic carbocycles. The van der Waals surface area contributed by atoms with Gasteiger partial charge in [-0.1, -0.05) is 6.42 Å². The van der Waals surface area contributed by atoms with E-state index in [4.69, 9.17) is 15.9 Å². The van der Waals surface area contributed by atoms with Crippen LogP contribution < -0.4 is 11.1 Å². The van der Waals surface area contributed by atoms with E-state index in [1.165, 1.54) is 12.0 Å². The Morgan fingerprint density at radius 2 is 2.25 bits per heavy atom. The number of amidine groups is 1. The van der Waals surface area contributed by atoms with Gasteiger partial charge in [-0.05, 0) is 12.8 Å². The Labute approximate surface area is 118 Å². The van der Waals surface area contributed by atoms with E-state index in [1.807, 2.05) is 0 Å². The summed E-state index contributed by atoms with van der Waals surface area (Å²) in [7, 11) is 1.30. The number of methoxy groups -OCH3 is 1. The molecule has 2 rings (SSSR count). The zero-order chi connectivity index (χ0) is 14.7. The summed E-state index contributed by atoms with van der Waals surface area (Å²) in [5.41, 5.74) is 5.32.